The second-order valence-corrected chi connectivity index (χ2v) is 7.44. The Labute approximate surface area is 191 Å². The fourth-order valence-corrected chi connectivity index (χ4v) is 3.61. The number of ether oxygens (including phenoxy) is 1. The molecule has 0 aliphatic heterocycles. The standard InChI is InChI=1S/C27H21N3O3/c1-2-32-24-17-15-22(16-18-24)20-9-7-19(8-10-20)21-11-13-23(14-12-21)27(31)33-30-26-6-4-3-5-25(26)28-29-30/h3-18H,2H2,1H3. The zero-order valence-corrected chi connectivity index (χ0v) is 18.0. The minimum Gasteiger partial charge on any atom is -0.494 e. The van der Waals surface area contributed by atoms with Crippen LogP contribution in [0.15, 0.2) is 97.1 Å². The van der Waals surface area contributed by atoms with Gasteiger partial charge in [-0.3, -0.25) is 0 Å². The highest BCUT2D eigenvalue weighted by Gasteiger charge is 2.12. The van der Waals surface area contributed by atoms with Gasteiger partial charge in [0, 0.05) is 0 Å². The molecule has 0 aliphatic carbocycles. The van der Waals surface area contributed by atoms with Crippen LogP contribution >= 0.6 is 0 Å². The van der Waals surface area contributed by atoms with Gasteiger partial charge in [0.2, 0.25) is 0 Å². The van der Waals surface area contributed by atoms with Crippen molar-refractivity contribution in [1.82, 2.24) is 15.2 Å². The lowest BCUT2D eigenvalue weighted by Gasteiger charge is -2.08. The van der Waals surface area contributed by atoms with Gasteiger partial charge in [-0.2, -0.15) is 0 Å². The molecular formula is C27H21N3O3. The summed E-state index contributed by atoms with van der Waals surface area (Å²) in [7, 11) is 0. The van der Waals surface area contributed by atoms with E-state index in [2.05, 4.69) is 46.7 Å². The number of hydrogen-bond acceptors (Lipinski definition) is 5. The summed E-state index contributed by atoms with van der Waals surface area (Å²) < 4.78 is 5.51. The first kappa shape index (κ1) is 20.5. The molecule has 0 spiro atoms. The molecule has 1 aromatic heterocycles. The van der Waals surface area contributed by atoms with Gasteiger partial charge in [-0.25, -0.2) is 4.79 Å². The van der Waals surface area contributed by atoms with Crippen LogP contribution in [0.5, 0.6) is 5.75 Å². The Balaban J connectivity index is 1.29. The Kier molecular flexibility index (Phi) is 5.55. The van der Waals surface area contributed by atoms with Crippen LogP contribution in [0.1, 0.15) is 17.3 Å². The van der Waals surface area contributed by atoms with E-state index in [1.54, 1.807) is 18.2 Å². The van der Waals surface area contributed by atoms with E-state index in [1.165, 1.54) is 0 Å². The first-order chi connectivity index (χ1) is 16.2. The molecule has 162 valence electrons. The Hall–Kier alpha value is -4.45. The lowest BCUT2D eigenvalue weighted by Crippen LogP contribution is -2.20. The number of hydrogen-bond donors (Lipinski definition) is 0. The molecule has 6 heteroatoms. The first-order valence-corrected chi connectivity index (χ1v) is 10.7. The van der Waals surface area contributed by atoms with Crippen molar-refractivity contribution in [3.05, 3.63) is 103 Å². The molecule has 5 aromatic rings. The van der Waals surface area contributed by atoms with Gasteiger partial charge < -0.3 is 9.57 Å². The molecule has 33 heavy (non-hydrogen) atoms. The maximum atomic E-state index is 12.6. The molecular weight excluding hydrogens is 414 g/mol. The van der Waals surface area contributed by atoms with E-state index >= 15 is 0 Å². The van der Waals surface area contributed by atoms with Crippen molar-refractivity contribution in [2.24, 2.45) is 0 Å². The van der Waals surface area contributed by atoms with Crippen LogP contribution in [0.3, 0.4) is 0 Å². The molecule has 0 atom stereocenters. The predicted molar refractivity (Wildman–Crippen MR) is 127 cm³/mol. The van der Waals surface area contributed by atoms with Gasteiger partial charge in [-0.05, 0) is 70.8 Å². The molecule has 4 aromatic carbocycles. The predicted octanol–water partition coefficient (Wildman–Crippen LogP) is 5.43. The van der Waals surface area contributed by atoms with Crippen molar-refractivity contribution in [2.45, 2.75) is 6.92 Å². The molecule has 5 rings (SSSR count). The van der Waals surface area contributed by atoms with Crippen LogP contribution < -0.4 is 9.57 Å². The summed E-state index contributed by atoms with van der Waals surface area (Å²) >= 11 is 0. The van der Waals surface area contributed by atoms with Gasteiger partial charge in [0.25, 0.3) is 0 Å². The second-order valence-electron chi connectivity index (χ2n) is 7.44. The molecule has 6 nitrogen and oxygen atoms in total. The molecule has 0 radical (unpaired) electrons. The van der Waals surface area contributed by atoms with E-state index in [-0.39, 0.29) is 0 Å². The van der Waals surface area contributed by atoms with Crippen LogP contribution in [0.2, 0.25) is 0 Å². The average Bonchev–Trinajstić information content (AvgIpc) is 3.28. The van der Waals surface area contributed by atoms with Crippen molar-refractivity contribution in [1.29, 1.82) is 0 Å². The molecule has 0 unspecified atom stereocenters. The highest BCUT2D eigenvalue weighted by molar-refractivity contribution is 5.90. The number of nitrogens with zero attached hydrogens (tertiary/aromatic N) is 3. The van der Waals surface area contributed by atoms with E-state index in [4.69, 9.17) is 9.57 Å². The summed E-state index contributed by atoms with van der Waals surface area (Å²) in [5, 5.41) is 7.88. The molecule has 0 amide bonds. The lowest BCUT2D eigenvalue weighted by atomic mass is 9.99. The fraction of sp³-hybridized carbons (Fsp3) is 0.0741. The molecule has 1 heterocycles. The van der Waals surface area contributed by atoms with Crippen LogP contribution in [-0.4, -0.2) is 27.7 Å². The summed E-state index contributed by atoms with van der Waals surface area (Å²) in [5.41, 5.74) is 6.06. The lowest BCUT2D eigenvalue weighted by molar-refractivity contribution is 0.0409. The first-order valence-electron chi connectivity index (χ1n) is 10.7. The van der Waals surface area contributed by atoms with Gasteiger partial charge in [0.15, 0.2) is 0 Å². The minimum atomic E-state index is -0.497. The second kappa shape index (κ2) is 8.96. The maximum Gasteiger partial charge on any atom is 0.365 e. The Morgan fingerprint density at radius 2 is 1.30 bits per heavy atom. The van der Waals surface area contributed by atoms with Gasteiger partial charge in [-0.15, -0.1) is 5.10 Å². The minimum absolute atomic E-state index is 0.435. The molecule has 0 bridgehead atoms. The third kappa shape index (κ3) is 4.32. The third-order valence-corrected chi connectivity index (χ3v) is 5.33. The number of aromatic nitrogens is 3. The Morgan fingerprint density at radius 3 is 1.91 bits per heavy atom. The van der Waals surface area contributed by atoms with Crippen LogP contribution in [-0.2, 0) is 0 Å². The molecule has 0 fully saturated rings. The highest BCUT2D eigenvalue weighted by atomic mass is 16.7. The third-order valence-electron chi connectivity index (χ3n) is 5.33. The van der Waals surface area contributed by atoms with E-state index in [9.17, 15) is 4.79 Å². The average molecular weight is 435 g/mol. The van der Waals surface area contributed by atoms with Gasteiger partial charge in [0.05, 0.1) is 12.2 Å². The van der Waals surface area contributed by atoms with E-state index in [1.807, 2.05) is 49.4 Å². The van der Waals surface area contributed by atoms with Gasteiger partial charge >= 0.3 is 5.97 Å². The molecule has 0 saturated heterocycles. The quantitative estimate of drug-likeness (QED) is 0.333. The number of rotatable bonds is 6. The Morgan fingerprint density at radius 1 is 0.758 bits per heavy atom. The normalized spacial score (nSPS) is 10.8. The maximum absolute atomic E-state index is 12.6. The van der Waals surface area contributed by atoms with E-state index in [0.29, 0.717) is 23.2 Å². The van der Waals surface area contributed by atoms with Crippen LogP contribution in [0.25, 0.3) is 33.3 Å². The van der Waals surface area contributed by atoms with Crippen molar-refractivity contribution in [2.75, 3.05) is 6.61 Å². The van der Waals surface area contributed by atoms with Crippen LogP contribution in [0, 0.1) is 0 Å². The van der Waals surface area contributed by atoms with Crippen molar-refractivity contribution >= 4 is 17.0 Å². The number of fused-ring (bicyclic) bond motifs is 1. The van der Waals surface area contributed by atoms with Crippen LogP contribution in [0.4, 0.5) is 0 Å². The number of carbonyl (C=O) groups is 1. The smallest absolute Gasteiger partial charge is 0.365 e. The fourth-order valence-electron chi connectivity index (χ4n) is 3.61. The number of carbonyl (C=O) groups excluding carboxylic acids is 1. The summed E-state index contributed by atoms with van der Waals surface area (Å²) in [6, 6.07) is 31.0. The van der Waals surface area contributed by atoms with Crippen molar-refractivity contribution < 1.29 is 14.4 Å². The zero-order chi connectivity index (χ0) is 22.6. The van der Waals surface area contributed by atoms with Crippen molar-refractivity contribution in [3.63, 3.8) is 0 Å². The summed E-state index contributed by atoms with van der Waals surface area (Å²) in [6.07, 6.45) is 0. The molecule has 0 N–H and O–H groups in total. The monoisotopic (exact) mass is 435 g/mol. The van der Waals surface area contributed by atoms with E-state index < -0.39 is 5.97 Å². The number of para-hydroxylation sites is 1. The van der Waals surface area contributed by atoms with Gasteiger partial charge in [0.1, 0.15) is 16.8 Å². The van der Waals surface area contributed by atoms with E-state index in [0.717, 1.165) is 32.8 Å². The summed E-state index contributed by atoms with van der Waals surface area (Å²) in [6.45, 7) is 2.63. The molecule has 0 aliphatic rings. The highest BCUT2D eigenvalue weighted by Crippen LogP contribution is 2.26. The zero-order valence-electron chi connectivity index (χ0n) is 18.0. The topological polar surface area (TPSA) is 66.2 Å². The Bertz CT molecular complexity index is 1390. The van der Waals surface area contributed by atoms with Gasteiger partial charge in [-0.1, -0.05) is 65.5 Å². The number of benzene rings is 4. The summed E-state index contributed by atoms with van der Waals surface area (Å²) in [4.78, 5) is 19.1. The molecule has 0 saturated carbocycles. The van der Waals surface area contributed by atoms with Crippen molar-refractivity contribution in [3.8, 4) is 28.0 Å². The SMILES string of the molecule is CCOc1ccc(-c2ccc(-c3ccc(C(=O)On4nnc5ccccc54)cc3)cc2)cc1. The largest absolute Gasteiger partial charge is 0.494 e. The summed E-state index contributed by atoms with van der Waals surface area (Å²) in [5.74, 6) is 0.372.